The van der Waals surface area contributed by atoms with E-state index in [1.165, 1.54) is 4.90 Å². The molecule has 0 radical (unpaired) electrons. The number of amides is 3. The van der Waals surface area contributed by atoms with Crippen LogP contribution in [-0.2, 0) is 16.1 Å². The summed E-state index contributed by atoms with van der Waals surface area (Å²) in [5.41, 5.74) is 2.35. The summed E-state index contributed by atoms with van der Waals surface area (Å²) in [4.78, 5) is 41.6. The zero-order chi connectivity index (χ0) is 21.5. The van der Waals surface area contributed by atoms with Gasteiger partial charge in [-0.15, -0.1) is 0 Å². The molecule has 0 bridgehead atoms. The van der Waals surface area contributed by atoms with Crippen LogP contribution in [0, 0.1) is 13.8 Å². The van der Waals surface area contributed by atoms with E-state index in [0.717, 1.165) is 24.4 Å². The summed E-state index contributed by atoms with van der Waals surface area (Å²) in [6.45, 7) is 6.96. The quantitative estimate of drug-likeness (QED) is 0.740. The number of rotatable bonds is 6. The fourth-order valence-electron chi connectivity index (χ4n) is 4.50. The number of carbonyl (C=O) groups excluding carboxylic acids is 3. The summed E-state index contributed by atoms with van der Waals surface area (Å²) in [6, 6.07) is 9.13. The summed E-state index contributed by atoms with van der Waals surface area (Å²) >= 11 is 0. The first-order valence-corrected chi connectivity index (χ1v) is 10.3. The largest absolute Gasteiger partial charge is 0.354 e. The minimum Gasteiger partial charge on any atom is -0.354 e. The van der Waals surface area contributed by atoms with Gasteiger partial charge in [-0.05, 0) is 51.8 Å². The average Bonchev–Trinajstić information content (AvgIpc) is 3.20. The van der Waals surface area contributed by atoms with Crippen molar-refractivity contribution >= 4 is 23.4 Å². The Bertz CT molecular complexity index is 1010. The second-order valence-corrected chi connectivity index (χ2v) is 8.21. The first-order valence-electron chi connectivity index (χ1n) is 10.3. The highest BCUT2D eigenvalue weighted by atomic mass is 16.2. The van der Waals surface area contributed by atoms with Crippen LogP contribution in [0.25, 0.3) is 0 Å². The van der Waals surface area contributed by atoms with Gasteiger partial charge in [-0.2, -0.15) is 5.10 Å². The zero-order valence-electron chi connectivity index (χ0n) is 17.6. The van der Waals surface area contributed by atoms with Crippen LogP contribution in [0.2, 0.25) is 0 Å². The van der Waals surface area contributed by atoms with Crippen LogP contribution in [-0.4, -0.2) is 51.2 Å². The third-order valence-corrected chi connectivity index (χ3v) is 6.02. The fraction of sp³-hybridized carbons (Fsp3) is 0.455. The van der Waals surface area contributed by atoms with Crippen molar-refractivity contribution in [3.8, 4) is 0 Å². The highest BCUT2D eigenvalue weighted by Crippen LogP contribution is 2.43. The van der Waals surface area contributed by atoms with Crippen molar-refractivity contribution in [1.29, 1.82) is 0 Å². The Morgan fingerprint density at radius 3 is 2.73 bits per heavy atom. The molecule has 0 saturated carbocycles. The highest BCUT2D eigenvalue weighted by Gasteiger charge is 2.53. The molecule has 8 heteroatoms. The molecule has 30 heavy (non-hydrogen) atoms. The van der Waals surface area contributed by atoms with Gasteiger partial charge in [0.2, 0.25) is 11.8 Å². The molecule has 1 saturated heterocycles. The van der Waals surface area contributed by atoms with Crippen molar-refractivity contribution in [2.24, 2.45) is 0 Å². The molecule has 1 aromatic heterocycles. The van der Waals surface area contributed by atoms with Gasteiger partial charge < -0.3 is 10.2 Å². The number of aryl methyl sites for hydroxylation is 3. The molecule has 1 N–H and O–H groups in total. The second-order valence-electron chi connectivity index (χ2n) is 8.21. The predicted octanol–water partition coefficient (Wildman–Crippen LogP) is 2.01. The van der Waals surface area contributed by atoms with E-state index in [0.29, 0.717) is 30.6 Å². The van der Waals surface area contributed by atoms with E-state index in [9.17, 15) is 14.4 Å². The summed E-state index contributed by atoms with van der Waals surface area (Å²) < 4.78 is 1.93. The van der Waals surface area contributed by atoms with Gasteiger partial charge in [-0.1, -0.05) is 12.1 Å². The molecule has 2 aromatic rings. The summed E-state index contributed by atoms with van der Waals surface area (Å²) in [6.07, 6.45) is 1.61. The van der Waals surface area contributed by atoms with Crippen LogP contribution < -0.4 is 10.2 Å². The number of aromatic nitrogens is 2. The van der Waals surface area contributed by atoms with Crippen molar-refractivity contribution in [2.45, 2.75) is 52.2 Å². The summed E-state index contributed by atoms with van der Waals surface area (Å²) in [7, 11) is 0. The molecule has 158 valence electrons. The Balaban J connectivity index is 1.42. The smallest absolute Gasteiger partial charge is 0.258 e. The number of hydrogen-bond donors (Lipinski definition) is 1. The van der Waals surface area contributed by atoms with E-state index < -0.39 is 5.66 Å². The molecular weight excluding hydrogens is 382 g/mol. The number of para-hydroxylation sites is 1. The van der Waals surface area contributed by atoms with E-state index in [2.05, 4.69) is 10.4 Å². The minimum atomic E-state index is -0.816. The van der Waals surface area contributed by atoms with Gasteiger partial charge in [0.1, 0.15) is 12.2 Å². The van der Waals surface area contributed by atoms with Gasteiger partial charge in [0, 0.05) is 25.2 Å². The number of anilines is 1. The SMILES string of the molecule is Cc1cc(C)n(CCCNC(=O)CN2C(=O)c3ccccc3N3C(=O)CC[C@@]23C)n1. The van der Waals surface area contributed by atoms with Gasteiger partial charge >= 0.3 is 0 Å². The van der Waals surface area contributed by atoms with Gasteiger partial charge in [0.25, 0.3) is 5.91 Å². The molecule has 1 fully saturated rings. The number of benzene rings is 1. The lowest BCUT2D eigenvalue weighted by Gasteiger charge is -2.48. The van der Waals surface area contributed by atoms with Crippen LogP contribution >= 0.6 is 0 Å². The van der Waals surface area contributed by atoms with E-state index in [4.69, 9.17) is 0 Å². The third-order valence-electron chi connectivity index (χ3n) is 6.02. The van der Waals surface area contributed by atoms with Crippen molar-refractivity contribution in [2.75, 3.05) is 18.0 Å². The number of nitrogens with zero attached hydrogens (tertiary/aromatic N) is 4. The highest BCUT2D eigenvalue weighted by molar-refractivity contribution is 6.11. The van der Waals surface area contributed by atoms with Gasteiger partial charge in [0.15, 0.2) is 0 Å². The van der Waals surface area contributed by atoms with E-state index in [1.54, 1.807) is 23.1 Å². The van der Waals surface area contributed by atoms with Gasteiger partial charge in [-0.25, -0.2) is 0 Å². The average molecular weight is 409 g/mol. The van der Waals surface area contributed by atoms with Crippen molar-refractivity contribution in [3.63, 3.8) is 0 Å². The number of fused-ring (bicyclic) bond motifs is 3. The van der Waals surface area contributed by atoms with Gasteiger partial charge in [-0.3, -0.25) is 24.0 Å². The molecular formula is C22H27N5O3. The molecule has 0 spiro atoms. The first-order chi connectivity index (χ1) is 14.3. The van der Waals surface area contributed by atoms with E-state index >= 15 is 0 Å². The topological polar surface area (TPSA) is 87.5 Å². The molecule has 0 unspecified atom stereocenters. The lowest BCUT2D eigenvalue weighted by molar-refractivity contribution is -0.124. The van der Waals surface area contributed by atoms with Crippen LogP contribution in [0.15, 0.2) is 30.3 Å². The molecule has 0 aliphatic carbocycles. The molecule has 3 amide bonds. The minimum absolute atomic E-state index is 0.0206. The maximum Gasteiger partial charge on any atom is 0.258 e. The maximum atomic E-state index is 13.2. The van der Waals surface area contributed by atoms with Crippen LogP contribution in [0.1, 0.15) is 47.9 Å². The standard InChI is InChI=1S/C22H27N5O3/c1-15-13-16(2)26(24-15)12-6-11-23-19(28)14-25-21(30)17-7-4-5-8-18(17)27-20(29)9-10-22(25,27)3/h4-5,7-8,13H,6,9-12,14H2,1-3H3,(H,23,28)/t22-/m0/s1. The lowest BCUT2D eigenvalue weighted by Crippen LogP contribution is -2.63. The Hall–Kier alpha value is -3.16. The van der Waals surface area contributed by atoms with Crippen molar-refractivity contribution in [3.05, 3.63) is 47.3 Å². The lowest BCUT2D eigenvalue weighted by atomic mass is 9.98. The number of hydrogen-bond acceptors (Lipinski definition) is 4. The van der Waals surface area contributed by atoms with Crippen LogP contribution in [0.3, 0.4) is 0 Å². The number of carbonyl (C=O) groups is 3. The first kappa shape index (κ1) is 20.1. The Kier molecular flexibility index (Phi) is 5.09. The molecule has 2 aliphatic heterocycles. The van der Waals surface area contributed by atoms with Crippen LogP contribution in [0.4, 0.5) is 5.69 Å². The van der Waals surface area contributed by atoms with Crippen molar-refractivity contribution in [1.82, 2.24) is 20.0 Å². The Labute approximate surface area is 175 Å². The maximum absolute atomic E-state index is 13.2. The Morgan fingerprint density at radius 1 is 1.23 bits per heavy atom. The monoisotopic (exact) mass is 409 g/mol. The Morgan fingerprint density at radius 2 is 2.00 bits per heavy atom. The molecule has 1 atom stereocenters. The molecule has 3 heterocycles. The number of nitrogens with one attached hydrogen (secondary N) is 1. The van der Waals surface area contributed by atoms with Gasteiger partial charge in [0.05, 0.1) is 16.9 Å². The summed E-state index contributed by atoms with van der Waals surface area (Å²) in [5, 5.41) is 7.32. The molecule has 4 rings (SSSR count). The second kappa shape index (κ2) is 7.59. The molecule has 2 aliphatic rings. The predicted molar refractivity (Wildman–Crippen MR) is 112 cm³/mol. The fourth-order valence-corrected chi connectivity index (χ4v) is 4.50. The molecule has 1 aromatic carbocycles. The zero-order valence-corrected chi connectivity index (χ0v) is 17.6. The normalized spacial score (nSPS) is 20.4. The third kappa shape index (κ3) is 3.36. The summed E-state index contributed by atoms with van der Waals surface area (Å²) in [5.74, 6) is -0.457. The van der Waals surface area contributed by atoms with Crippen LogP contribution in [0.5, 0.6) is 0 Å². The van der Waals surface area contributed by atoms with Crippen molar-refractivity contribution < 1.29 is 14.4 Å². The van der Waals surface area contributed by atoms with E-state index in [-0.39, 0.29) is 24.3 Å². The molecule has 8 nitrogen and oxygen atoms in total. The van der Waals surface area contributed by atoms with E-state index in [1.807, 2.05) is 37.6 Å².